The van der Waals surface area contributed by atoms with Crippen LogP contribution >= 0.6 is 11.6 Å². The van der Waals surface area contributed by atoms with Crippen molar-refractivity contribution in [2.45, 2.75) is 19.4 Å². The molecule has 3 heterocycles. The van der Waals surface area contributed by atoms with Crippen LogP contribution in [0.3, 0.4) is 0 Å². The number of carbonyl (C=O) groups is 2. The van der Waals surface area contributed by atoms with E-state index in [4.69, 9.17) is 16.3 Å². The molecule has 1 aliphatic heterocycles. The minimum absolute atomic E-state index is 0.0945. The third kappa shape index (κ3) is 4.47. The van der Waals surface area contributed by atoms with Gasteiger partial charge < -0.3 is 10.1 Å². The Kier molecular flexibility index (Phi) is 6.20. The first-order valence-electron chi connectivity index (χ1n) is 10.1. The van der Waals surface area contributed by atoms with Crippen molar-refractivity contribution >= 4 is 29.2 Å². The van der Waals surface area contributed by atoms with Gasteiger partial charge >= 0.3 is 0 Å². The first-order chi connectivity index (χ1) is 15.9. The number of nitriles is 1. The van der Waals surface area contributed by atoms with Crippen LogP contribution in [0.25, 0.3) is 11.3 Å². The Bertz CT molecular complexity index is 1290. The topological polar surface area (TPSA) is 121 Å². The summed E-state index contributed by atoms with van der Waals surface area (Å²) in [6.07, 6.45) is 3.63. The van der Waals surface area contributed by atoms with Crippen LogP contribution in [0.15, 0.2) is 42.7 Å². The van der Waals surface area contributed by atoms with Crippen molar-refractivity contribution < 1.29 is 14.3 Å². The van der Waals surface area contributed by atoms with E-state index in [1.165, 1.54) is 11.1 Å². The maximum absolute atomic E-state index is 13.0. The smallest absolute Gasteiger partial charge is 0.289 e. The highest BCUT2D eigenvalue weighted by Gasteiger charge is 2.32. The Morgan fingerprint density at radius 2 is 2.15 bits per heavy atom. The lowest BCUT2D eigenvalue weighted by Crippen LogP contribution is -2.49. The fraction of sp³-hybridized carbons (Fsp3) is 0.217. The van der Waals surface area contributed by atoms with Gasteiger partial charge in [0, 0.05) is 31.1 Å². The van der Waals surface area contributed by atoms with Crippen molar-refractivity contribution in [2.75, 3.05) is 18.6 Å². The van der Waals surface area contributed by atoms with E-state index in [1.807, 2.05) is 13.0 Å². The lowest BCUT2D eigenvalue weighted by Gasteiger charge is -2.19. The number of ether oxygens (including phenoxy) is 1. The molecule has 0 bridgehead atoms. The van der Waals surface area contributed by atoms with E-state index in [-0.39, 0.29) is 12.4 Å². The lowest BCUT2D eigenvalue weighted by molar-refractivity contribution is -0.120. The van der Waals surface area contributed by atoms with Crippen LogP contribution in [-0.4, -0.2) is 46.5 Å². The molecule has 0 saturated carbocycles. The molecule has 1 aliphatic rings. The summed E-state index contributed by atoms with van der Waals surface area (Å²) >= 11 is 5.97. The molecule has 4 rings (SSSR count). The van der Waals surface area contributed by atoms with Crippen molar-refractivity contribution in [1.82, 2.24) is 20.3 Å². The predicted molar refractivity (Wildman–Crippen MR) is 121 cm³/mol. The Morgan fingerprint density at radius 3 is 2.91 bits per heavy atom. The number of halogens is 1. The third-order valence-electron chi connectivity index (χ3n) is 5.17. The monoisotopic (exact) mass is 462 g/mol. The highest BCUT2D eigenvalue weighted by atomic mass is 35.5. The normalized spacial score (nSPS) is 15.2. The first kappa shape index (κ1) is 22.2. The zero-order valence-corrected chi connectivity index (χ0v) is 18.6. The summed E-state index contributed by atoms with van der Waals surface area (Å²) in [5.74, 6) is -0.461. The number of nitrogens with zero attached hydrogens (tertiary/aromatic N) is 5. The van der Waals surface area contributed by atoms with Gasteiger partial charge in [-0.05, 0) is 24.1 Å². The average Bonchev–Trinajstić information content (AvgIpc) is 2.95. The number of aromatic nitrogens is 3. The van der Waals surface area contributed by atoms with E-state index in [0.717, 1.165) is 5.56 Å². The Hall–Kier alpha value is -4.03. The molecule has 2 aromatic heterocycles. The van der Waals surface area contributed by atoms with Gasteiger partial charge in [0.25, 0.3) is 11.8 Å². The molecular weight excluding hydrogens is 444 g/mol. The van der Waals surface area contributed by atoms with E-state index in [1.54, 1.807) is 37.5 Å². The van der Waals surface area contributed by atoms with Gasteiger partial charge in [-0.3, -0.25) is 14.5 Å². The number of hydrogen-bond donors (Lipinski definition) is 1. The largest absolute Gasteiger partial charge is 0.487 e. The Morgan fingerprint density at radius 1 is 1.33 bits per heavy atom. The van der Waals surface area contributed by atoms with E-state index >= 15 is 0 Å². The molecule has 1 N–H and O–H groups in total. The standard InChI is InChI=1S/C23H19ClN6O3/c1-3-14-10-26-20(29-19(14)15-6-4-5-13(7-15)9-25)22(31)28-17-12-33-18-8-16(24)11-27-21(18)30(2)23(17)32/h4-8,10-11,17H,3,12H2,1-2H3,(H,28,31)/t17-/m0/s1. The zero-order chi connectivity index (χ0) is 23.5. The van der Waals surface area contributed by atoms with Gasteiger partial charge in [-0.1, -0.05) is 30.7 Å². The highest BCUT2D eigenvalue weighted by molar-refractivity contribution is 6.30. The Balaban J connectivity index is 1.60. The van der Waals surface area contributed by atoms with E-state index < -0.39 is 17.9 Å². The van der Waals surface area contributed by atoms with Crippen LogP contribution < -0.4 is 15.0 Å². The molecule has 0 saturated heterocycles. The van der Waals surface area contributed by atoms with Gasteiger partial charge in [0.2, 0.25) is 5.82 Å². The number of likely N-dealkylation sites (N-methyl/N-ethyl adjacent to an activating group) is 1. The second-order valence-electron chi connectivity index (χ2n) is 7.32. The van der Waals surface area contributed by atoms with Gasteiger partial charge in [-0.15, -0.1) is 0 Å². The number of aryl methyl sites for hydroxylation is 1. The molecule has 0 spiro atoms. The molecule has 10 heteroatoms. The van der Waals surface area contributed by atoms with Crippen molar-refractivity contribution in [3.63, 3.8) is 0 Å². The number of fused-ring (bicyclic) bond motifs is 1. The van der Waals surface area contributed by atoms with Crippen LogP contribution in [0, 0.1) is 11.3 Å². The zero-order valence-electron chi connectivity index (χ0n) is 17.9. The number of anilines is 1. The van der Waals surface area contributed by atoms with E-state index in [9.17, 15) is 14.9 Å². The maximum atomic E-state index is 13.0. The van der Waals surface area contributed by atoms with Gasteiger partial charge in [-0.2, -0.15) is 5.26 Å². The molecule has 0 unspecified atom stereocenters. The van der Waals surface area contributed by atoms with Gasteiger partial charge in [-0.25, -0.2) is 15.0 Å². The quantitative estimate of drug-likeness (QED) is 0.632. The number of hydrogen-bond acceptors (Lipinski definition) is 7. The minimum Gasteiger partial charge on any atom is -0.487 e. The van der Waals surface area contributed by atoms with Crippen LogP contribution in [-0.2, 0) is 11.2 Å². The molecule has 1 atom stereocenters. The van der Waals surface area contributed by atoms with Crippen LogP contribution in [0.2, 0.25) is 5.02 Å². The second kappa shape index (κ2) is 9.22. The summed E-state index contributed by atoms with van der Waals surface area (Å²) in [7, 11) is 1.54. The van der Waals surface area contributed by atoms with Crippen molar-refractivity contribution in [2.24, 2.45) is 0 Å². The van der Waals surface area contributed by atoms with Crippen LogP contribution in [0.1, 0.15) is 28.7 Å². The molecular formula is C23H19ClN6O3. The Labute approximate surface area is 195 Å². The summed E-state index contributed by atoms with van der Waals surface area (Å²) in [5, 5.41) is 12.2. The summed E-state index contributed by atoms with van der Waals surface area (Å²) < 4.78 is 5.68. The highest BCUT2D eigenvalue weighted by Crippen LogP contribution is 2.30. The molecule has 33 heavy (non-hydrogen) atoms. The summed E-state index contributed by atoms with van der Waals surface area (Å²) in [6.45, 7) is 1.85. The number of carbonyl (C=O) groups excluding carboxylic acids is 2. The van der Waals surface area contributed by atoms with Gasteiger partial charge in [0.1, 0.15) is 12.6 Å². The number of pyridine rings is 1. The molecule has 3 aromatic rings. The van der Waals surface area contributed by atoms with Crippen LogP contribution in [0.5, 0.6) is 5.75 Å². The molecule has 0 fully saturated rings. The number of rotatable bonds is 4. The van der Waals surface area contributed by atoms with Crippen molar-refractivity contribution in [3.05, 3.63) is 64.7 Å². The SMILES string of the molecule is CCc1cnc(C(=O)N[C@H]2COc3cc(Cl)cnc3N(C)C2=O)nc1-c1cccc(C#N)c1. The number of benzene rings is 1. The summed E-state index contributed by atoms with van der Waals surface area (Å²) in [5.41, 5.74) is 2.57. The summed E-state index contributed by atoms with van der Waals surface area (Å²) in [4.78, 5) is 39.9. The first-order valence-corrected chi connectivity index (χ1v) is 10.5. The maximum Gasteiger partial charge on any atom is 0.289 e. The minimum atomic E-state index is -0.977. The molecule has 9 nitrogen and oxygen atoms in total. The second-order valence-corrected chi connectivity index (χ2v) is 7.76. The predicted octanol–water partition coefficient (Wildman–Crippen LogP) is 2.78. The number of nitrogens with one attached hydrogen (secondary N) is 1. The third-order valence-corrected chi connectivity index (χ3v) is 5.38. The van der Waals surface area contributed by atoms with Crippen molar-refractivity contribution in [1.29, 1.82) is 5.26 Å². The fourth-order valence-corrected chi connectivity index (χ4v) is 3.59. The average molecular weight is 463 g/mol. The van der Waals surface area contributed by atoms with E-state index in [2.05, 4.69) is 26.3 Å². The molecule has 1 aromatic carbocycles. The fourth-order valence-electron chi connectivity index (χ4n) is 3.44. The van der Waals surface area contributed by atoms with Crippen molar-refractivity contribution in [3.8, 4) is 23.1 Å². The van der Waals surface area contributed by atoms with Crippen LogP contribution in [0.4, 0.5) is 5.82 Å². The molecule has 166 valence electrons. The molecule has 0 aliphatic carbocycles. The van der Waals surface area contributed by atoms with Gasteiger partial charge in [0.15, 0.2) is 11.6 Å². The molecule has 2 amide bonds. The number of amides is 2. The molecule has 0 radical (unpaired) electrons. The van der Waals surface area contributed by atoms with Gasteiger partial charge in [0.05, 0.1) is 22.3 Å². The summed E-state index contributed by atoms with van der Waals surface area (Å²) in [6, 6.07) is 9.65. The lowest BCUT2D eigenvalue weighted by atomic mass is 10.0. The van der Waals surface area contributed by atoms with E-state index in [0.29, 0.717) is 39.8 Å².